The minimum atomic E-state index is -0.801. The Bertz CT molecular complexity index is 1350. The molecule has 0 aliphatic carbocycles. The van der Waals surface area contributed by atoms with E-state index in [1.807, 2.05) is 36.4 Å². The van der Waals surface area contributed by atoms with Gasteiger partial charge in [0.2, 0.25) is 0 Å². The van der Waals surface area contributed by atoms with Crippen LogP contribution in [-0.4, -0.2) is 21.0 Å². The molecule has 0 aliphatic rings. The third-order valence-corrected chi connectivity index (χ3v) is 5.53. The monoisotopic (exact) mass is 380 g/mol. The SMILES string of the molecule is O=C(O)CC(Cc1nc2c(ccc3ccccc32)[nH]1)c1ccc2ccccc2c1. The molecule has 0 fully saturated rings. The molecule has 0 amide bonds. The van der Waals surface area contributed by atoms with Gasteiger partial charge >= 0.3 is 5.97 Å². The van der Waals surface area contributed by atoms with Crippen molar-refractivity contribution >= 4 is 38.5 Å². The highest BCUT2D eigenvalue weighted by atomic mass is 16.4. The van der Waals surface area contributed by atoms with E-state index in [2.05, 4.69) is 47.4 Å². The molecular weight excluding hydrogens is 360 g/mol. The first-order valence-electron chi connectivity index (χ1n) is 9.74. The smallest absolute Gasteiger partial charge is 0.303 e. The van der Waals surface area contributed by atoms with Crippen LogP contribution in [-0.2, 0) is 11.2 Å². The van der Waals surface area contributed by atoms with Crippen LogP contribution in [0.4, 0.5) is 0 Å². The normalized spacial score (nSPS) is 12.6. The van der Waals surface area contributed by atoms with Gasteiger partial charge in [-0.15, -0.1) is 0 Å². The number of carboxylic acids is 1. The maximum absolute atomic E-state index is 11.6. The Balaban J connectivity index is 1.55. The Morgan fingerprint density at radius 3 is 2.45 bits per heavy atom. The number of fused-ring (bicyclic) bond motifs is 4. The summed E-state index contributed by atoms with van der Waals surface area (Å²) in [6.45, 7) is 0. The van der Waals surface area contributed by atoms with Crippen LogP contribution in [0.3, 0.4) is 0 Å². The number of carbonyl (C=O) groups is 1. The van der Waals surface area contributed by atoms with E-state index >= 15 is 0 Å². The Morgan fingerprint density at radius 1 is 0.897 bits per heavy atom. The summed E-state index contributed by atoms with van der Waals surface area (Å²) in [7, 11) is 0. The summed E-state index contributed by atoms with van der Waals surface area (Å²) in [4.78, 5) is 19.8. The van der Waals surface area contributed by atoms with Crippen LogP contribution in [0.25, 0.3) is 32.6 Å². The van der Waals surface area contributed by atoms with E-state index in [9.17, 15) is 9.90 Å². The van der Waals surface area contributed by atoms with Gasteiger partial charge in [0.05, 0.1) is 17.5 Å². The molecule has 1 aromatic heterocycles. The molecule has 4 nitrogen and oxygen atoms in total. The van der Waals surface area contributed by atoms with Gasteiger partial charge in [0.1, 0.15) is 5.82 Å². The summed E-state index contributed by atoms with van der Waals surface area (Å²) >= 11 is 0. The third kappa shape index (κ3) is 3.34. The topological polar surface area (TPSA) is 66.0 Å². The Kier molecular flexibility index (Phi) is 4.24. The van der Waals surface area contributed by atoms with Crippen LogP contribution in [0, 0.1) is 0 Å². The first kappa shape index (κ1) is 17.4. The number of nitrogens with zero attached hydrogens (tertiary/aromatic N) is 1. The lowest BCUT2D eigenvalue weighted by molar-refractivity contribution is -0.137. The second kappa shape index (κ2) is 7.06. The van der Waals surface area contributed by atoms with Crippen LogP contribution in [0.2, 0.25) is 0 Å². The first-order valence-corrected chi connectivity index (χ1v) is 9.74. The Morgan fingerprint density at radius 2 is 1.62 bits per heavy atom. The van der Waals surface area contributed by atoms with Crippen molar-refractivity contribution in [2.45, 2.75) is 18.8 Å². The van der Waals surface area contributed by atoms with Gasteiger partial charge in [-0.1, -0.05) is 72.8 Å². The Hall–Kier alpha value is -3.66. The number of rotatable bonds is 5. The van der Waals surface area contributed by atoms with Gasteiger partial charge < -0.3 is 10.1 Å². The highest BCUT2D eigenvalue weighted by Gasteiger charge is 2.19. The van der Waals surface area contributed by atoms with Gasteiger partial charge in [0.15, 0.2) is 0 Å². The second-order valence-electron chi connectivity index (χ2n) is 7.47. The second-order valence-corrected chi connectivity index (χ2v) is 7.47. The number of aliphatic carboxylic acids is 1. The van der Waals surface area contributed by atoms with Crippen LogP contribution in [0.5, 0.6) is 0 Å². The lowest BCUT2D eigenvalue weighted by Gasteiger charge is -2.15. The molecule has 2 N–H and O–H groups in total. The highest BCUT2D eigenvalue weighted by molar-refractivity contribution is 6.04. The number of nitrogens with one attached hydrogen (secondary N) is 1. The van der Waals surface area contributed by atoms with Gasteiger partial charge in [0.25, 0.3) is 0 Å². The van der Waals surface area contributed by atoms with Gasteiger partial charge in [-0.25, -0.2) is 4.98 Å². The van der Waals surface area contributed by atoms with Crippen LogP contribution in [0.15, 0.2) is 78.9 Å². The molecule has 142 valence electrons. The fourth-order valence-electron chi connectivity index (χ4n) is 4.11. The molecule has 4 aromatic carbocycles. The standard InChI is InChI=1S/C25H20N2O2/c28-24(29)15-20(19-10-9-16-5-1-2-7-18(16)13-19)14-23-26-22-12-11-17-6-3-4-8-21(17)25(22)27-23/h1-13,20H,14-15H2,(H,26,27)(H,28,29). The first-order chi connectivity index (χ1) is 14.2. The number of aromatic nitrogens is 2. The lowest BCUT2D eigenvalue weighted by Crippen LogP contribution is -2.10. The number of imidazole rings is 1. The van der Waals surface area contributed by atoms with Crippen molar-refractivity contribution in [1.82, 2.24) is 9.97 Å². The average Bonchev–Trinajstić information content (AvgIpc) is 3.16. The molecular formula is C25H20N2O2. The van der Waals surface area contributed by atoms with Crippen LogP contribution < -0.4 is 0 Å². The zero-order valence-corrected chi connectivity index (χ0v) is 15.8. The predicted octanol–water partition coefficient (Wildman–Crippen LogP) is 5.67. The molecule has 5 aromatic rings. The molecule has 0 bridgehead atoms. The van der Waals surface area contributed by atoms with Crippen molar-refractivity contribution in [2.24, 2.45) is 0 Å². The van der Waals surface area contributed by atoms with Crippen molar-refractivity contribution < 1.29 is 9.90 Å². The summed E-state index contributed by atoms with van der Waals surface area (Å²) in [5, 5.41) is 14.0. The van der Waals surface area contributed by atoms with Crippen LogP contribution in [0.1, 0.15) is 23.7 Å². The van der Waals surface area contributed by atoms with Gasteiger partial charge in [-0.3, -0.25) is 4.79 Å². The Labute approximate surface area is 167 Å². The minimum Gasteiger partial charge on any atom is -0.481 e. The molecule has 5 rings (SSSR count). The molecule has 1 unspecified atom stereocenters. The largest absolute Gasteiger partial charge is 0.481 e. The van der Waals surface area contributed by atoms with E-state index in [0.717, 1.165) is 44.0 Å². The zero-order chi connectivity index (χ0) is 19.8. The quantitative estimate of drug-likeness (QED) is 0.413. The summed E-state index contributed by atoms with van der Waals surface area (Å²) < 4.78 is 0. The molecule has 0 saturated heterocycles. The van der Waals surface area contributed by atoms with Gasteiger partial charge in [0, 0.05) is 17.7 Å². The molecule has 0 spiro atoms. The summed E-state index contributed by atoms with van der Waals surface area (Å²) in [5.41, 5.74) is 2.94. The highest BCUT2D eigenvalue weighted by Crippen LogP contribution is 2.29. The molecule has 0 radical (unpaired) electrons. The van der Waals surface area contributed by atoms with Crippen LogP contribution >= 0.6 is 0 Å². The van der Waals surface area contributed by atoms with Crippen molar-refractivity contribution in [1.29, 1.82) is 0 Å². The van der Waals surface area contributed by atoms with E-state index in [-0.39, 0.29) is 12.3 Å². The van der Waals surface area contributed by atoms with E-state index in [4.69, 9.17) is 4.98 Å². The summed E-state index contributed by atoms with van der Waals surface area (Å²) in [6.07, 6.45) is 0.615. The van der Waals surface area contributed by atoms with E-state index < -0.39 is 5.97 Å². The van der Waals surface area contributed by atoms with Crippen molar-refractivity contribution in [3.05, 3.63) is 90.3 Å². The maximum Gasteiger partial charge on any atom is 0.303 e. The lowest BCUT2D eigenvalue weighted by atomic mass is 9.90. The van der Waals surface area contributed by atoms with Gasteiger partial charge in [-0.05, 0) is 27.8 Å². The van der Waals surface area contributed by atoms with Crippen molar-refractivity contribution in [3.63, 3.8) is 0 Å². The molecule has 4 heteroatoms. The van der Waals surface area contributed by atoms with Crippen molar-refractivity contribution in [2.75, 3.05) is 0 Å². The maximum atomic E-state index is 11.6. The number of aromatic amines is 1. The fourth-order valence-corrected chi connectivity index (χ4v) is 4.11. The zero-order valence-electron chi connectivity index (χ0n) is 15.8. The van der Waals surface area contributed by atoms with E-state index in [1.54, 1.807) is 0 Å². The summed E-state index contributed by atoms with van der Waals surface area (Å²) in [5.74, 6) is -0.135. The van der Waals surface area contributed by atoms with Crippen molar-refractivity contribution in [3.8, 4) is 0 Å². The fraction of sp³-hybridized carbons (Fsp3) is 0.120. The molecule has 0 saturated carbocycles. The molecule has 1 heterocycles. The number of hydrogen-bond acceptors (Lipinski definition) is 2. The minimum absolute atomic E-state index is 0.0656. The molecule has 1 atom stereocenters. The number of carboxylic acid groups (broad SMARTS) is 1. The molecule has 0 aliphatic heterocycles. The molecule has 29 heavy (non-hydrogen) atoms. The number of benzene rings is 4. The summed E-state index contributed by atoms with van der Waals surface area (Å²) in [6, 6.07) is 26.6. The van der Waals surface area contributed by atoms with E-state index in [0.29, 0.717) is 6.42 Å². The van der Waals surface area contributed by atoms with Gasteiger partial charge in [-0.2, -0.15) is 0 Å². The number of hydrogen-bond donors (Lipinski definition) is 2. The van der Waals surface area contributed by atoms with E-state index in [1.165, 1.54) is 0 Å². The number of H-pyrrole nitrogens is 1. The third-order valence-electron chi connectivity index (χ3n) is 5.53. The predicted molar refractivity (Wildman–Crippen MR) is 116 cm³/mol. The average molecular weight is 380 g/mol.